The monoisotopic (exact) mass is 334 g/mol. The van der Waals surface area contributed by atoms with Gasteiger partial charge in [-0.3, -0.25) is 0 Å². The summed E-state index contributed by atoms with van der Waals surface area (Å²) in [7, 11) is 0. The summed E-state index contributed by atoms with van der Waals surface area (Å²) in [5.74, 6) is -0.117. The molecule has 0 aromatic carbocycles. The summed E-state index contributed by atoms with van der Waals surface area (Å²) >= 11 is 0. The van der Waals surface area contributed by atoms with Gasteiger partial charge in [0.25, 0.3) is 0 Å². The predicted octanol–water partition coefficient (Wildman–Crippen LogP) is 3.63. The number of H-pyrrole nitrogens is 1. The molecule has 0 aliphatic carbocycles. The Balaban J connectivity index is 2.40. The van der Waals surface area contributed by atoms with E-state index < -0.39 is 23.4 Å². The van der Waals surface area contributed by atoms with Crippen LogP contribution in [0.15, 0.2) is 18.5 Å². The molecule has 2 heterocycles. The van der Waals surface area contributed by atoms with E-state index in [1.165, 1.54) is 6.20 Å². The van der Waals surface area contributed by atoms with Crippen LogP contribution in [0.5, 0.6) is 0 Å². The van der Waals surface area contributed by atoms with Gasteiger partial charge in [0.05, 0.1) is 0 Å². The summed E-state index contributed by atoms with van der Waals surface area (Å²) in [6, 6.07) is 1.78. The highest BCUT2D eigenvalue weighted by molar-refractivity contribution is 6.08. The van der Waals surface area contributed by atoms with Crippen molar-refractivity contribution < 1.29 is 19.1 Å². The van der Waals surface area contributed by atoms with Crippen molar-refractivity contribution in [3.63, 3.8) is 0 Å². The second-order valence-corrected chi connectivity index (χ2v) is 7.25. The number of imide groups is 1. The lowest BCUT2D eigenvalue weighted by atomic mass is 10.2. The molecule has 2 aromatic heterocycles. The third kappa shape index (κ3) is 4.43. The van der Waals surface area contributed by atoms with Gasteiger partial charge in [0.1, 0.15) is 16.8 Å². The van der Waals surface area contributed by atoms with Crippen molar-refractivity contribution in [2.45, 2.75) is 52.7 Å². The fourth-order valence-electron chi connectivity index (χ4n) is 1.79. The largest absolute Gasteiger partial charge is 0.443 e. The average molecular weight is 334 g/mol. The topological polar surface area (TPSA) is 97.4 Å². The van der Waals surface area contributed by atoms with Crippen LogP contribution >= 0.6 is 0 Å². The van der Waals surface area contributed by atoms with Crippen molar-refractivity contribution in [1.29, 1.82) is 0 Å². The Hall–Kier alpha value is -2.64. The second kappa shape index (κ2) is 6.10. The summed E-state index contributed by atoms with van der Waals surface area (Å²) in [4.78, 5) is 36.8. The maximum absolute atomic E-state index is 12.5. The van der Waals surface area contributed by atoms with Crippen LogP contribution in [0.4, 0.5) is 15.5 Å². The number of aromatic nitrogens is 3. The number of amides is 2. The number of fused-ring (bicyclic) bond motifs is 1. The van der Waals surface area contributed by atoms with E-state index in [1.807, 2.05) is 0 Å². The number of anilines is 1. The fraction of sp³-hybridized carbons (Fsp3) is 0.500. The molecule has 0 atom stereocenters. The first-order valence-corrected chi connectivity index (χ1v) is 7.52. The first-order chi connectivity index (χ1) is 11.0. The molecule has 0 fully saturated rings. The Bertz CT molecular complexity index is 727. The quantitative estimate of drug-likeness (QED) is 0.855. The highest BCUT2D eigenvalue weighted by Gasteiger charge is 2.34. The highest BCUT2D eigenvalue weighted by Crippen LogP contribution is 2.20. The molecule has 8 heteroatoms. The maximum atomic E-state index is 12.5. The van der Waals surface area contributed by atoms with Gasteiger partial charge in [-0.2, -0.15) is 4.98 Å². The number of hydrogen-bond acceptors (Lipinski definition) is 6. The third-order valence-electron chi connectivity index (χ3n) is 2.64. The molecule has 0 saturated carbocycles. The lowest BCUT2D eigenvalue weighted by Crippen LogP contribution is -2.44. The SMILES string of the molecule is CC(C)(C)OC(=O)N(C(=O)OC(C)(C)C)c1ncc2cc[nH]c2n1. The van der Waals surface area contributed by atoms with E-state index in [2.05, 4.69) is 15.0 Å². The molecular formula is C16H22N4O4. The minimum Gasteiger partial charge on any atom is -0.443 e. The molecule has 0 aliphatic heterocycles. The fourth-order valence-corrected chi connectivity index (χ4v) is 1.79. The summed E-state index contributed by atoms with van der Waals surface area (Å²) < 4.78 is 10.6. The smallest absolute Gasteiger partial charge is 0.427 e. The number of carbonyl (C=O) groups excluding carboxylic acids is 2. The van der Waals surface area contributed by atoms with Gasteiger partial charge in [-0.25, -0.2) is 14.6 Å². The Kier molecular flexibility index (Phi) is 4.50. The van der Waals surface area contributed by atoms with Crippen LogP contribution in [-0.4, -0.2) is 38.3 Å². The van der Waals surface area contributed by atoms with Crippen LogP contribution < -0.4 is 4.90 Å². The van der Waals surface area contributed by atoms with Gasteiger partial charge in [-0.15, -0.1) is 4.90 Å². The molecule has 0 saturated heterocycles. The van der Waals surface area contributed by atoms with Crippen molar-refractivity contribution >= 4 is 29.2 Å². The van der Waals surface area contributed by atoms with Gasteiger partial charge in [0.2, 0.25) is 5.95 Å². The Morgan fingerprint density at radius 3 is 2.08 bits per heavy atom. The van der Waals surface area contributed by atoms with E-state index in [0.29, 0.717) is 10.5 Å². The number of aromatic amines is 1. The van der Waals surface area contributed by atoms with Crippen molar-refractivity contribution in [1.82, 2.24) is 15.0 Å². The number of rotatable bonds is 1. The molecule has 130 valence electrons. The third-order valence-corrected chi connectivity index (χ3v) is 2.64. The van der Waals surface area contributed by atoms with Crippen molar-refractivity contribution in [3.8, 4) is 0 Å². The minimum absolute atomic E-state index is 0.117. The van der Waals surface area contributed by atoms with E-state index in [-0.39, 0.29) is 5.95 Å². The van der Waals surface area contributed by atoms with E-state index in [1.54, 1.807) is 53.8 Å². The van der Waals surface area contributed by atoms with Crippen molar-refractivity contribution in [3.05, 3.63) is 18.5 Å². The Morgan fingerprint density at radius 1 is 1.04 bits per heavy atom. The summed E-state index contributed by atoms with van der Waals surface area (Å²) in [5, 5.41) is 0.757. The molecule has 2 aromatic rings. The number of nitrogens with one attached hydrogen (secondary N) is 1. The maximum Gasteiger partial charge on any atom is 0.427 e. The first-order valence-electron chi connectivity index (χ1n) is 7.52. The molecule has 0 bridgehead atoms. The molecule has 0 aliphatic rings. The van der Waals surface area contributed by atoms with Crippen LogP contribution in [0, 0.1) is 0 Å². The molecule has 2 rings (SSSR count). The standard InChI is InChI=1S/C16H22N4O4/c1-15(2,3)23-13(21)20(14(22)24-16(4,5)6)12-18-9-10-7-8-17-11(10)19-12/h7-9H,1-6H3,(H,17,18,19). The second-order valence-electron chi connectivity index (χ2n) is 7.25. The molecule has 8 nitrogen and oxygen atoms in total. The lowest BCUT2D eigenvalue weighted by molar-refractivity contribution is 0.0427. The molecule has 24 heavy (non-hydrogen) atoms. The van der Waals surface area contributed by atoms with Crippen LogP contribution in [0.1, 0.15) is 41.5 Å². The average Bonchev–Trinajstić information content (AvgIpc) is 2.81. The zero-order valence-electron chi connectivity index (χ0n) is 14.7. The number of hydrogen-bond donors (Lipinski definition) is 1. The number of ether oxygens (including phenoxy) is 2. The van der Waals surface area contributed by atoms with Crippen LogP contribution in [-0.2, 0) is 9.47 Å². The number of carbonyl (C=O) groups is 2. The molecule has 0 unspecified atom stereocenters. The summed E-state index contributed by atoms with van der Waals surface area (Å²) in [5.41, 5.74) is -1.07. The Morgan fingerprint density at radius 2 is 1.58 bits per heavy atom. The number of nitrogens with zero attached hydrogens (tertiary/aromatic N) is 3. The molecule has 1 N–H and O–H groups in total. The van der Waals surface area contributed by atoms with Gasteiger partial charge in [-0.1, -0.05) is 0 Å². The van der Waals surface area contributed by atoms with Crippen LogP contribution in [0.25, 0.3) is 11.0 Å². The van der Waals surface area contributed by atoms with Gasteiger partial charge in [0, 0.05) is 17.8 Å². The predicted molar refractivity (Wildman–Crippen MR) is 88.8 cm³/mol. The van der Waals surface area contributed by atoms with Crippen molar-refractivity contribution in [2.75, 3.05) is 4.90 Å². The van der Waals surface area contributed by atoms with Gasteiger partial charge < -0.3 is 14.5 Å². The zero-order chi connectivity index (χ0) is 18.1. The zero-order valence-corrected chi connectivity index (χ0v) is 14.7. The van der Waals surface area contributed by atoms with E-state index in [4.69, 9.17) is 9.47 Å². The first kappa shape index (κ1) is 17.7. The highest BCUT2D eigenvalue weighted by atomic mass is 16.6. The van der Waals surface area contributed by atoms with Gasteiger partial charge in [0.15, 0.2) is 0 Å². The van der Waals surface area contributed by atoms with Crippen LogP contribution in [0.2, 0.25) is 0 Å². The normalized spacial score (nSPS) is 12.1. The Labute approximate surface area is 140 Å². The van der Waals surface area contributed by atoms with Gasteiger partial charge in [-0.05, 0) is 47.6 Å². The molecular weight excluding hydrogens is 312 g/mol. The summed E-state index contributed by atoms with van der Waals surface area (Å²) in [6.45, 7) is 10.2. The van der Waals surface area contributed by atoms with Crippen molar-refractivity contribution in [2.24, 2.45) is 0 Å². The molecule has 0 spiro atoms. The molecule has 0 radical (unpaired) electrons. The van der Waals surface area contributed by atoms with Gasteiger partial charge >= 0.3 is 12.2 Å². The van der Waals surface area contributed by atoms with E-state index in [0.717, 1.165) is 5.39 Å². The van der Waals surface area contributed by atoms with E-state index in [9.17, 15) is 9.59 Å². The minimum atomic E-state index is -0.900. The van der Waals surface area contributed by atoms with E-state index >= 15 is 0 Å². The van der Waals surface area contributed by atoms with Crippen LogP contribution in [0.3, 0.4) is 0 Å². The molecule has 2 amide bonds. The lowest BCUT2D eigenvalue weighted by Gasteiger charge is -2.27. The summed E-state index contributed by atoms with van der Waals surface area (Å²) in [6.07, 6.45) is 1.40.